The Labute approximate surface area is 370 Å². The van der Waals surface area contributed by atoms with Gasteiger partial charge in [0, 0.05) is 23.7 Å². The summed E-state index contributed by atoms with van der Waals surface area (Å²) >= 11 is 0. The van der Waals surface area contributed by atoms with Crippen molar-refractivity contribution in [1.29, 1.82) is 0 Å². The van der Waals surface area contributed by atoms with Crippen LogP contribution in [-0.2, 0) is 41.8 Å². The molecule has 1 aromatic carbocycles. The molecule has 0 aromatic heterocycles. The number of ether oxygens (including phenoxy) is 5. The largest absolute Gasteiger partial charge is 0.455 e. The molecule has 10 nitrogen and oxygen atoms in total. The molecular formula is C48H75O10Si3. The van der Waals surface area contributed by atoms with Crippen LogP contribution in [0, 0.1) is 22.7 Å². The average Bonchev–Trinajstić information content (AvgIpc) is 4.02. The molecule has 1 radical (unpaired) electrons. The molecule has 339 valence electrons. The van der Waals surface area contributed by atoms with Crippen LogP contribution in [0.15, 0.2) is 54.1 Å². The van der Waals surface area contributed by atoms with Crippen LogP contribution in [-0.4, -0.2) is 98.3 Å². The van der Waals surface area contributed by atoms with Crippen LogP contribution in [0.5, 0.6) is 0 Å². The van der Waals surface area contributed by atoms with Gasteiger partial charge in [-0.2, -0.15) is 0 Å². The minimum atomic E-state index is -2.33. The second-order valence-electron chi connectivity index (χ2n) is 20.0. The molecule has 2 saturated heterocycles. The fourth-order valence-electron chi connectivity index (χ4n) is 12.4. The van der Waals surface area contributed by atoms with Gasteiger partial charge in [0.25, 0.3) is 0 Å². The predicted molar refractivity (Wildman–Crippen MR) is 243 cm³/mol. The van der Waals surface area contributed by atoms with Crippen LogP contribution < -0.4 is 0 Å². The van der Waals surface area contributed by atoms with Crippen molar-refractivity contribution < 1.29 is 46.6 Å². The maximum absolute atomic E-state index is 15.1. The van der Waals surface area contributed by atoms with Crippen LogP contribution >= 0.6 is 0 Å². The Morgan fingerprint density at radius 2 is 1.51 bits per heavy atom. The van der Waals surface area contributed by atoms with E-state index in [0.717, 1.165) is 60.3 Å². The number of esters is 2. The SMILES string of the molecule is C=CC1O[C@@H]2C3=C(C)[C@@H](O[Si](CC)(CC)CC)C[C@@](O[Si](C)C)([C@@H](OC(=O)c4ccccc4)[C@@H]4[C@]5(OC(=O)C6CC6)CO[C@@H]5C[C@H](O[Si](CC)(CC)CC)[C@@]4(C)[C@@H]2O1)C3(C)C. The lowest BCUT2D eigenvalue weighted by molar-refractivity contribution is -0.359. The highest BCUT2D eigenvalue weighted by atomic mass is 28.4. The summed E-state index contributed by atoms with van der Waals surface area (Å²) in [5.41, 5.74) is -1.48. The van der Waals surface area contributed by atoms with Gasteiger partial charge in [0.1, 0.15) is 23.9 Å². The van der Waals surface area contributed by atoms with Crippen molar-refractivity contribution in [2.24, 2.45) is 22.7 Å². The van der Waals surface area contributed by atoms with Crippen molar-refractivity contribution in [1.82, 2.24) is 0 Å². The van der Waals surface area contributed by atoms with Crippen molar-refractivity contribution in [2.45, 2.75) is 198 Å². The Balaban J connectivity index is 1.59. The molecule has 4 aliphatic carbocycles. The van der Waals surface area contributed by atoms with Gasteiger partial charge in [-0.15, -0.1) is 0 Å². The average molecular weight is 896 g/mol. The molecule has 0 amide bonds. The number of hydrogen-bond acceptors (Lipinski definition) is 10. The smallest absolute Gasteiger partial charge is 0.338 e. The zero-order valence-electron chi connectivity index (χ0n) is 39.2. The third-order valence-corrected chi connectivity index (χ3v) is 26.7. The molecule has 61 heavy (non-hydrogen) atoms. The molecule has 5 fully saturated rings. The molecule has 3 saturated carbocycles. The molecule has 2 heterocycles. The topological polar surface area (TPSA) is 108 Å². The maximum atomic E-state index is 15.1. The Bertz CT molecular complexity index is 1790. The molecular weight excluding hydrogens is 821 g/mol. The van der Waals surface area contributed by atoms with Gasteiger partial charge >= 0.3 is 11.9 Å². The first-order valence-corrected chi connectivity index (χ1v) is 31.0. The van der Waals surface area contributed by atoms with Gasteiger partial charge in [0.15, 0.2) is 28.5 Å². The van der Waals surface area contributed by atoms with E-state index in [1.807, 2.05) is 18.2 Å². The number of benzene rings is 1. The minimum absolute atomic E-state index is 0.162. The molecule has 0 spiro atoms. The van der Waals surface area contributed by atoms with E-state index in [-0.39, 0.29) is 24.6 Å². The second-order valence-corrected chi connectivity index (χ2v) is 31.4. The van der Waals surface area contributed by atoms with Crippen LogP contribution in [0.2, 0.25) is 49.4 Å². The lowest BCUT2D eigenvalue weighted by atomic mass is 9.44. The molecule has 1 aromatic rings. The fourth-order valence-corrected chi connectivity index (χ4v) is 19.4. The molecule has 2 bridgehead atoms. The van der Waals surface area contributed by atoms with Gasteiger partial charge in [-0.05, 0) is 98.5 Å². The summed E-state index contributed by atoms with van der Waals surface area (Å²) in [6, 6.07) is 15.0. The second kappa shape index (κ2) is 17.5. The Kier molecular flexibility index (Phi) is 13.5. The third-order valence-electron chi connectivity index (χ3n) is 16.7. The van der Waals surface area contributed by atoms with Crippen molar-refractivity contribution in [2.75, 3.05) is 6.61 Å². The summed E-state index contributed by atoms with van der Waals surface area (Å²) in [4.78, 5) is 29.4. The van der Waals surface area contributed by atoms with E-state index < -0.39 is 96.4 Å². The summed E-state index contributed by atoms with van der Waals surface area (Å²) in [6.45, 7) is 31.1. The van der Waals surface area contributed by atoms with Gasteiger partial charge in [-0.1, -0.05) is 87.1 Å². The normalized spacial score (nSPS) is 36.8. The summed E-state index contributed by atoms with van der Waals surface area (Å²) < 4.78 is 58.6. The van der Waals surface area contributed by atoms with E-state index in [1.54, 1.807) is 18.2 Å². The highest BCUT2D eigenvalue weighted by molar-refractivity contribution is 6.74. The molecule has 0 N–H and O–H groups in total. The summed E-state index contributed by atoms with van der Waals surface area (Å²) in [5.74, 6) is -1.53. The quantitative estimate of drug-likeness (QED) is 0.0852. The standard InChI is InChI=1S/C48H75O10Si3/c1-14-37-52-39-38-31(8)34(56-60(15-2,16-3)17-4)29-48(45(38,9)10,58-59(12)13)42(54-43(49)32-24-22-21-23-25-32)40-46(11,41(39)53-37)35(57-61(18-5,19-6)20-7)28-36-47(40,30-51-36)55-44(50)33-26-27-33/h14,21-25,33-37,39-42H,1,15-20,26-30H2,2-13H3/t34-,35-,36+,37?,39+,40-,41+,42-,46+,47-,48+/m0/s1. The molecule has 2 aliphatic heterocycles. The molecule has 1 unspecified atom stereocenters. The highest BCUT2D eigenvalue weighted by Gasteiger charge is 2.80. The van der Waals surface area contributed by atoms with Crippen molar-refractivity contribution in [3.05, 3.63) is 59.7 Å². The van der Waals surface area contributed by atoms with Crippen molar-refractivity contribution >= 4 is 37.6 Å². The van der Waals surface area contributed by atoms with Gasteiger partial charge in [-0.25, -0.2) is 4.79 Å². The van der Waals surface area contributed by atoms with E-state index >= 15 is 4.79 Å². The van der Waals surface area contributed by atoms with Gasteiger partial charge in [0.05, 0.1) is 42.3 Å². The van der Waals surface area contributed by atoms with E-state index in [0.29, 0.717) is 18.4 Å². The first-order valence-electron chi connectivity index (χ1n) is 23.5. The lowest BCUT2D eigenvalue weighted by Crippen LogP contribution is -2.83. The number of carbonyl (C=O) groups excluding carboxylic acids is 2. The molecule has 6 aliphatic rings. The van der Waals surface area contributed by atoms with E-state index in [2.05, 4.69) is 88.9 Å². The zero-order valence-corrected chi connectivity index (χ0v) is 42.2. The van der Waals surface area contributed by atoms with Gasteiger partial charge < -0.3 is 37.0 Å². The Morgan fingerprint density at radius 3 is 2.03 bits per heavy atom. The van der Waals surface area contributed by atoms with Crippen molar-refractivity contribution in [3.8, 4) is 0 Å². The summed E-state index contributed by atoms with van der Waals surface area (Å²) in [5, 5.41) is 0. The van der Waals surface area contributed by atoms with Crippen LogP contribution in [0.25, 0.3) is 0 Å². The minimum Gasteiger partial charge on any atom is -0.455 e. The monoisotopic (exact) mass is 895 g/mol. The number of fused-ring (bicyclic) bond motifs is 8. The van der Waals surface area contributed by atoms with E-state index in [4.69, 9.17) is 37.0 Å². The zero-order chi connectivity index (χ0) is 44.3. The predicted octanol–water partition coefficient (Wildman–Crippen LogP) is 10.2. The Morgan fingerprint density at radius 1 is 0.902 bits per heavy atom. The van der Waals surface area contributed by atoms with Crippen LogP contribution in [0.3, 0.4) is 0 Å². The summed E-state index contributed by atoms with van der Waals surface area (Å²) in [7, 11) is -6.11. The van der Waals surface area contributed by atoms with E-state index in [9.17, 15) is 4.79 Å². The summed E-state index contributed by atoms with van der Waals surface area (Å²) in [6.07, 6.45) is 0.159. The van der Waals surface area contributed by atoms with Gasteiger partial charge in [0.2, 0.25) is 9.04 Å². The maximum Gasteiger partial charge on any atom is 0.338 e. The van der Waals surface area contributed by atoms with Gasteiger partial charge in [-0.3, -0.25) is 4.79 Å². The molecule has 11 atom stereocenters. The molecule has 13 heteroatoms. The first-order chi connectivity index (χ1) is 28.9. The highest BCUT2D eigenvalue weighted by Crippen LogP contribution is 2.68. The first kappa shape index (κ1) is 47.0. The number of rotatable bonds is 17. The Hall–Kier alpha value is -1.95. The van der Waals surface area contributed by atoms with E-state index in [1.165, 1.54) is 0 Å². The van der Waals surface area contributed by atoms with Crippen LogP contribution in [0.1, 0.15) is 105 Å². The van der Waals surface area contributed by atoms with Crippen molar-refractivity contribution in [3.63, 3.8) is 0 Å². The lowest BCUT2D eigenvalue weighted by Gasteiger charge is -2.70. The van der Waals surface area contributed by atoms with Crippen LogP contribution in [0.4, 0.5) is 0 Å². The third kappa shape index (κ3) is 7.59. The number of hydrogen-bond donors (Lipinski definition) is 0. The fraction of sp³-hybridized carbons (Fsp3) is 0.750. The number of carbonyl (C=O) groups is 2. The molecule has 7 rings (SSSR count).